The maximum absolute atomic E-state index is 11.9. The molecule has 2 rings (SSSR count). The second-order valence-corrected chi connectivity index (χ2v) is 5.81. The van der Waals surface area contributed by atoms with Gasteiger partial charge in [0.25, 0.3) is 0 Å². The molecule has 1 aromatic rings. The molecule has 0 saturated carbocycles. The molecule has 1 amide bonds. The van der Waals surface area contributed by atoms with Crippen molar-refractivity contribution in [3.63, 3.8) is 0 Å². The third-order valence-corrected chi connectivity index (χ3v) is 3.16. The van der Waals surface area contributed by atoms with Crippen LogP contribution in [0.3, 0.4) is 0 Å². The molecule has 1 unspecified atom stereocenters. The summed E-state index contributed by atoms with van der Waals surface area (Å²) in [5.41, 5.74) is -0.304. The summed E-state index contributed by atoms with van der Waals surface area (Å²) in [5.74, 6) is -0.535. The molecule has 1 aliphatic rings. The Hall–Kier alpha value is -2.18. The van der Waals surface area contributed by atoms with Gasteiger partial charge in [0.05, 0.1) is 18.4 Å². The molecule has 1 fully saturated rings. The number of likely N-dealkylation sites (tertiary alicyclic amines) is 1. The zero-order valence-corrected chi connectivity index (χ0v) is 11.8. The standard InChI is InChI=1S/C13H18N4O3/c1-13(2,3)17-7-8(4-11(17)18)16-10-6-14-9(5-15-10)12(19)20/h5-6,8H,4,7H2,1-3H3,(H,15,16)(H,19,20). The highest BCUT2D eigenvalue weighted by atomic mass is 16.4. The largest absolute Gasteiger partial charge is 0.476 e. The quantitative estimate of drug-likeness (QED) is 0.856. The molecule has 7 heteroatoms. The number of carboxylic acids is 1. The highest BCUT2D eigenvalue weighted by Gasteiger charge is 2.36. The number of amides is 1. The molecular weight excluding hydrogens is 260 g/mol. The van der Waals surface area contributed by atoms with Crippen LogP contribution in [0.15, 0.2) is 12.4 Å². The number of nitrogens with zero attached hydrogens (tertiary/aromatic N) is 3. The third kappa shape index (κ3) is 3.04. The van der Waals surface area contributed by atoms with Crippen LogP contribution in [0, 0.1) is 0 Å². The molecule has 2 N–H and O–H groups in total. The average molecular weight is 278 g/mol. The van der Waals surface area contributed by atoms with E-state index in [4.69, 9.17) is 5.11 Å². The van der Waals surface area contributed by atoms with Crippen molar-refractivity contribution in [1.82, 2.24) is 14.9 Å². The predicted octanol–water partition coefficient (Wildman–Crippen LogP) is 0.986. The maximum atomic E-state index is 11.9. The van der Waals surface area contributed by atoms with Crippen molar-refractivity contribution >= 4 is 17.7 Å². The van der Waals surface area contributed by atoms with Gasteiger partial charge in [0.15, 0.2) is 5.69 Å². The van der Waals surface area contributed by atoms with Crippen LogP contribution >= 0.6 is 0 Å². The minimum absolute atomic E-state index is 0.0355. The highest BCUT2D eigenvalue weighted by Crippen LogP contribution is 2.23. The maximum Gasteiger partial charge on any atom is 0.356 e. The fourth-order valence-electron chi connectivity index (χ4n) is 2.17. The second-order valence-electron chi connectivity index (χ2n) is 5.81. The summed E-state index contributed by atoms with van der Waals surface area (Å²) >= 11 is 0. The molecule has 0 bridgehead atoms. The molecule has 0 spiro atoms. The minimum atomic E-state index is -1.11. The predicted molar refractivity (Wildman–Crippen MR) is 72.5 cm³/mol. The first-order valence-corrected chi connectivity index (χ1v) is 6.39. The number of aromatic carboxylic acids is 1. The van der Waals surface area contributed by atoms with Crippen LogP contribution in [0.2, 0.25) is 0 Å². The Morgan fingerprint density at radius 2 is 2.10 bits per heavy atom. The van der Waals surface area contributed by atoms with Crippen molar-refractivity contribution in [2.75, 3.05) is 11.9 Å². The topological polar surface area (TPSA) is 95.4 Å². The van der Waals surface area contributed by atoms with Gasteiger partial charge in [-0.25, -0.2) is 14.8 Å². The van der Waals surface area contributed by atoms with Crippen molar-refractivity contribution in [1.29, 1.82) is 0 Å². The third-order valence-electron chi connectivity index (χ3n) is 3.16. The number of anilines is 1. The monoisotopic (exact) mass is 278 g/mol. The molecule has 1 atom stereocenters. The molecule has 20 heavy (non-hydrogen) atoms. The van der Waals surface area contributed by atoms with Crippen molar-refractivity contribution in [2.45, 2.75) is 38.8 Å². The number of nitrogens with one attached hydrogen (secondary N) is 1. The Balaban J connectivity index is 2.01. The van der Waals surface area contributed by atoms with Gasteiger partial charge in [0.2, 0.25) is 5.91 Å². The molecule has 0 aromatic carbocycles. The van der Waals surface area contributed by atoms with Crippen molar-refractivity contribution in [3.8, 4) is 0 Å². The summed E-state index contributed by atoms with van der Waals surface area (Å²) < 4.78 is 0. The number of rotatable bonds is 3. The van der Waals surface area contributed by atoms with E-state index in [1.54, 1.807) is 0 Å². The zero-order chi connectivity index (χ0) is 14.9. The Morgan fingerprint density at radius 1 is 1.40 bits per heavy atom. The summed E-state index contributed by atoms with van der Waals surface area (Å²) in [6, 6.07) is -0.0355. The zero-order valence-electron chi connectivity index (χ0n) is 11.8. The smallest absolute Gasteiger partial charge is 0.356 e. The average Bonchev–Trinajstić information content (AvgIpc) is 2.70. The van der Waals surface area contributed by atoms with E-state index in [0.717, 1.165) is 0 Å². The van der Waals surface area contributed by atoms with Crippen molar-refractivity contribution < 1.29 is 14.7 Å². The van der Waals surface area contributed by atoms with Gasteiger partial charge in [0, 0.05) is 18.5 Å². The normalized spacial score (nSPS) is 19.2. The summed E-state index contributed by atoms with van der Waals surface area (Å²) in [6.45, 7) is 6.59. The lowest BCUT2D eigenvalue weighted by Gasteiger charge is -2.32. The fourth-order valence-corrected chi connectivity index (χ4v) is 2.17. The van der Waals surface area contributed by atoms with Crippen LogP contribution in [-0.2, 0) is 4.79 Å². The molecule has 1 aliphatic heterocycles. The lowest BCUT2D eigenvalue weighted by Crippen LogP contribution is -2.43. The molecule has 7 nitrogen and oxygen atoms in total. The summed E-state index contributed by atoms with van der Waals surface area (Å²) in [5, 5.41) is 11.9. The second kappa shape index (κ2) is 5.07. The van der Waals surface area contributed by atoms with Gasteiger partial charge in [-0.3, -0.25) is 4.79 Å². The van der Waals surface area contributed by atoms with E-state index in [-0.39, 0.29) is 23.2 Å². The van der Waals surface area contributed by atoms with Crippen LogP contribution < -0.4 is 5.32 Å². The Labute approximate surface area is 117 Å². The minimum Gasteiger partial charge on any atom is -0.476 e. The van der Waals surface area contributed by atoms with E-state index >= 15 is 0 Å². The van der Waals surface area contributed by atoms with E-state index < -0.39 is 5.97 Å². The first-order chi connectivity index (χ1) is 9.27. The number of hydrogen-bond donors (Lipinski definition) is 2. The summed E-state index contributed by atoms with van der Waals surface area (Å²) in [4.78, 5) is 32.2. The molecule has 1 saturated heterocycles. The number of aromatic nitrogens is 2. The highest BCUT2D eigenvalue weighted by molar-refractivity contribution is 5.85. The van der Waals surface area contributed by atoms with E-state index in [1.807, 2.05) is 25.7 Å². The van der Waals surface area contributed by atoms with Gasteiger partial charge in [-0.1, -0.05) is 0 Å². The lowest BCUT2D eigenvalue weighted by molar-refractivity contribution is -0.131. The molecule has 0 radical (unpaired) electrons. The summed E-state index contributed by atoms with van der Waals surface area (Å²) in [6.07, 6.45) is 2.97. The Kier molecular flexibility index (Phi) is 3.61. The number of carboxylic acid groups (broad SMARTS) is 1. The van der Waals surface area contributed by atoms with E-state index in [1.165, 1.54) is 12.4 Å². The van der Waals surface area contributed by atoms with E-state index in [9.17, 15) is 9.59 Å². The van der Waals surface area contributed by atoms with Gasteiger partial charge in [-0.2, -0.15) is 0 Å². The first kappa shape index (κ1) is 14.2. The molecule has 0 aliphatic carbocycles. The fraction of sp³-hybridized carbons (Fsp3) is 0.538. The van der Waals surface area contributed by atoms with Crippen LogP contribution in [0.5, 0.6) is 0 Å². The van der Waals surface area contributed by atoms with Crippen LogP contribution in [-0.4, -0.2) is 50.0 Å². The molecule has 108 valence electrons. The van der Waals surface area contributed by atoms with Gasteiger partial charge in [-0.05, 0) is 20.8 Å². The Morgan fingerprint density at radius 3 is 2.55 bits per heavy atom. The first-order valence-electron chi connectivity index (χ1n) is 6.39. The van der Waals surface area contributed by atoms with Gasteiger partial charge < -0.3 is 15.3 Å². The molecule has 1 aromatic heterocycles. The Bertz CT molecular complexity index is 521. The summed E-state index contributed by atoms with van der Waals surface area (Å²) in [7, 11) is 0. The van der Waals surface area contributed by atoms with E-state index in [0.29, 0.717) is 18.8 Å². The number of carbonyl (C=O) groups excluding carboxylic acids is 1. The van der Waals surface area contributed by atoms with Gasteiger partial charge >= 0.3 is 5.97 Å². The lowest BCUT2D eigenvalue weighted by atomic mass is 10.1. The SMILES string of the molecule is CC(C)(C)N1CC(Nc2cnc(C(=O)O)cn2)CC1=O. The van der Waals surface area contributed by atoms with Gasteiger partial charge in [0.1, 0.15) is 5.82 Å². The van der Waals surface area contributed by atoms with Crippen molar-refractivity contribution in [2.24, 2.45) is 0 Å². The molecule has 2 heterocycles. The van der Waals surface area contributed by atoms with Gasteiger partial charge in [-0.15, -0.1) is 0 Å². The van der Waals surface area contributed by atoms with Crippen LogP contribution in [0.4, 0.5) is 5.82 Å². The van der Waals surface area contributed by atoms with Crippen LogP contribution in [0.25, 0.3) is 0 Å². The van der Waals surface area contributed by atoms with Crippen molar-refractivity contribution in [3.05, 3.63) is 18.1 Å². The molecular formula is C13H18N4O3. The number of carbonyl (C=O) groups is 2. The van der Waals surface area contributed by atoms with Crippen LogP contribution in [0.1, 0.15) is 37.7 Å². The van der Waals surface area contributed by atoms with E-state index in [2.05, 4.69) is 15.3 Å². The number of hydrogen-bond acceptors (Lipinski definition) is 5.